The lowest BCUT2D eigenvalue weighted by atomic mass is 10.0. The number of aliphatic hydroxyl groups excluding tert-OH is 3. The number of nitrogens with one attached hydrogen (secondary N) is 2. The molecule has 37 heavy (non-hydrogen) atoms. The van der Waals surface area contributed by atoms with Crippen LogP contribution in [0.5, 0.6) is 0 Å². The van der Waals surface area contributed by atoms with Gasteiger partial charge in [0.25, 0.3) is 0 Å². The number of thiophene rings is 1. The molecule has 1 fully saturated rings. The van der Waals surface area contributed by atoms with Crippen molar-refractivity contribution in [2.24, 2.45) is 0 Å². The van der Waals surface area contributed by atoms with Crippen LogP contribution < -0.4 is 10.0 Å². The fourth-order valence-corrected chi connectivity index (χ4v) is 5.95. The number of carbonyl (C=O) groups is 1. The summed E-state index contributed by atoms with van der Waals surface area (Å²) in [6.45, 7) is -0.377. The van der Waals surface area contributed by atoms with E-state index in [0.717, 1.165) is 11.3 Å². The summed E-state index contributed by atoms with van der Waals surface area (Å²) in [7, 11) is -2.78. The van der Waals surface area contributed by atoms with Gasteiger partial charge in [-0.05, 0) is 36.6 Å². The predicted octanol–water partition coefficient (Wildman–Crippen LogP) is 1.78. The van der Waals surface area contributed by atoms with Crippen LogP contribution in [0.25, 0.3) is 0 Å². The first-order valence-corrected chi connectivity index (χ1v) is 13.8. The van der Waals surface area contributed by atoms with Gasteiger partial charge in [0.1, 0.15) is 24.4 Å². The summed E-state index contributed by atoms with van der Waals surface area (Å²) in [6.07, 6.45) is -0.180. The standard InChI is InChI=1S/C23H25ClN4O7S2/c1-25-37(33,34)35-18-7-14(6-17(18)30)28-23-16(9-26-11-27-23)22(32)19-8-15(20(10-29)36-19)21(31)12-3-2-4-13(24)5-12/h2-5,8-9,11,14,17-18,21,25,29-31H,6-7,10H2,1H3,(H,26,27,28)/t14-,17+,18-,21-/m1/s1. The van der Waals surface area contributed by atoms with Gasteiger partial charge in [-0.2, -0.15) is 13.1 Å². The summed E-state index contributed by atoms with van der Waals surface area (Å²) in [6, 6.07) is 7.76. The van der Waals surface area contributed by atoms with Crippen LogP contribution in [-0.4, -0.2) is 64.8 Å². The summed E-state index contributed by atoms with van der Waals surface area (Å²) >= 11 is 7.08. The predicted molar refractivity (Wildman–Crippen MR) is 137 cm³/mol. The zero-order chi connectivity index (χ0) is 26.7. The average molecular weight is 569 g/mol. The minimum absolute atomic E-state index is 0.138. The van der Waals surface area contributed by atoms with Gasteiger partial charge < -0.3 is 20.6 Å². The van der Waals surface area contributed by atoms with E-state index in [0.29, 0.717) is 21.0 Å². The highest BCUT2D eigenvalue weighted by atomic mass is 35.5. The second-order valence-electron chi connectivity index (χ2n) is 8.39. The van der Waals surface area contributed by atoms with Gasteiger partial charge in [-0.3, -0.25) is 8.98 Å². The van der Waals surface area contributed by atoms with Gasteiger partial charge in [-0.25, -0.2) is 9.97 Å². The number of carbonyl (C=O) groups excluding carboxylic acids is 1. The fourth-order valence-electron chi connectivity index (χ4n) is 4.11. The Morgan fingerprint density at radius 1 is 1.32 bits per heavy atom. The molecule has 2 heterocycles. The van der Waals surface area contributed by atoms with Crippen molar-refractivity contribution in [1.82, 2.24) is 14.7 Å². The number of aromatic nitrogens is 2. The van der Waals surface area contributed by atoms with Crippen LogP contribution in [0, 0.1) is 0 Å². The molecule has 4 rings (SSSR count). The highest BCUT2D eigenvalue weighted by molar-refractivity contribution is 7.84. The number of nitrogens with zero attached hydrogens (tertiary/aromatic N) is 2. The topological polar surface area (TPSA) is 171 Å². The van der Waals surface area contributed by atoms with Crippen LogP contribution in [0.2, 0.25) is 5.02 Å². The van der Waals surface area contributed by atoms with Gasteiger partial charge >= 0.3 is 10.3 Å². The fraction of sp³-hybridized carbons (Fsp3) is 0.348. The number of rotatable bonds is 10. The van der Waals surface area contributed by atoms with Gasteiger partial charge in [0, 0.05) is 34.7 Å². The molecule has 14 heteroatoms. The number of anilines is 1. The highest BCUT2D eigenvalue weighted by Crippen LogP contribution is 2.34. The number of hydrogen-bond donors (Lipinski definition) is 5. The third kappa shape index (κ3) is 6.33. The average Bonchev–Trinajstić information content (AvgIpc) is 3.46. The van der Waals surface area contributed by atoms with E-state index in [1.807, 2.05) is 4.72 Å². The summed E-state index contributed by atoms with van der Waals surface area (Å²) in [5.41, 5.74) is 1.04. The molecule has 11 nitrogen and oxygen atoms in total. The molecular formula is C23H25ClN4O7S2. The molecular weight excluding hydrogens is 544 g/mol. The maximum atomic E-state index is 13.4. The van der Waals surface area contributed by atoms with E-state index in [1.165, 1.54) is 25.6 Å². The Labute approximate surface area is 222 Å². The SMILES string of the molecule is CNS(=O)(=O)O[C@@H]1C[C@H](Nc2ncncc2C(=O)c2cc([C@H](O)c3cccc(Cl)c3)c(CO)s2)C[C@@H]1O. The minimum atomic E-state index is -3.99. The van der Waals surface area contributed by atoms with Crippen LogP contribution in [0.3, 0.4) is 0 Å². The minimum Gasteiger partial charge on any atom is -0.391 e. The number of ketones is 1. The van der Waals surface area contributed by atoms with Crippen molar-refractivity contribution >= 4 is 44.8 Å². The lowest BCUT2D eigenvalue weighted by molar-refractivity contribution is 0.0636. The number of aliphatic hydroxyl groups is 3. The van der Waals surface area contributed by atoms with E-state index in [2.05, 4.69) is 15.3 Å². The normalized spacial score (nSPS) is 20.6. The molecule has 1 saturated carbocycles. The van der Waals surface area contributed by atoms with Crippen LogP contribution in [0.1, 0.15) is 50.2 Å². The van der Waals surface area contributed by atoms with Gasteiger partial charge in [0.2, 0.25) is 5.78 Å². The number of halogens is 1. The molecule has 0 bridgehead atoms. The summed E-state index contributed by atoms with van der Waals surface area (Å²) in [5.74, 6) is -0.235. The molecule has 0 aliphatic heterocycles. The van der Waals surface area contributed by atoms with Gasteiger partial charge in [-0.15, -0.1) is 11.3 Å². The largest absolute Gasteiger partial charge is 0.391 e. The van der Waals surface area contributed by atoms with Gasteiger partial charge in [0.15, 0.2) is 0 Å². The van der Waals surface area contributed by atoms with Crippen LogP contribution in [0.15, 0.2) is 42.9 Å². The van der Waals surface area contributed by atoms with Gasteiger partial charge in [0.05, 0.1) is 23.2 Å². The van der Waals surface area contributed by atoms with Gasteiger partial charge in [-0.1, -0.05) is 23.7 Å². The van der Waals surface area contributed by atoms with Crippen molar-refractivity contribution in [3.63, 3.8) is 0 Å². The summed E-state index contributed by atoms with van der Waals surface area (Å²) in [4.78, 5) is 22.2. The summed E-state index contributed by atoms with van der Waals surface area (Å²) < 4.78 is 30.4. The lowest BCUT2D eigenvalue weighted by Crippen LogP contribution is -2.31. The first-order valence-electron chi connectivity index (χ1n) is 11.2. The molecule has 3 aromatic rings. The van der Waals surface area contributed by atoms with Crippen LogP contribution in [-0.2, 0) is 21.1 Å². The van der Waals surface area contributed by atoms with E-state index < -0.39 is 40.4 Å². The molecule has 0 amide bonds. The smallest absolute Gasteiger partial charge is 0.335 e. The zero-order valence-electron chi connectivity index (χ0n) is 19.5. The lowest BCUT2D eigenvalue weighted by Gasteiger charge is -2.15. The third-order valence-corrected chi connectivity index (χ3v) is 8.31. The molecule has 0 radical (unpaired) electrons. The maximum Gasteiger partial charge on any atom is 0.335 e. The molecule has 1 aliphatic rings. The van der Waals surface area contributed by atoms with E-state index in [9.17, 15) is 28.5 Å². The Morgan fingerprint density at radius 3 is 2.81 bits per heavy atom. The first-order chi connectivity index (χ1) is 17.6. The molecule has 1 aromatic carbocycles. The molecule has 0 spiro atoms. The third-order valence-electron chi connectivity index (χ3n) is 5.94. The Hall–Kier alpha value is -2.49. The summed E-state index contributed by atoms with van der Waals surface area (Å²) in [5, 5.41) is 34.5. The van der Waals surface area contributed by atoms with E-state index in [1.54, 1.807) is 24.3 Å². The van der Waals surface area contributed by atoms with Crippen LogP contribution in [0.4, 0.5) is 5.82 Å². The van der Waals surface area contributed by atoms with E-state index >= 15 is 0 Å². The Balaban J connectivity index is 1.56. The zero-order valence-corrected chi connectivity index (χ0v) is 21.9. The molecule has 198 valence electrons. The molecule has 0 saturated heterocycles. The molecule has 4 atom stereocenters. The highest BCUT2D eigenvalue weighted by Gasteiger charge is 2.37. The molecule has 5 N–H and O–H groups in total. The van der Waals surface area contributed by atoms with Crippen LogP contribution >= 0.6 is 22.9 Å². The van der Waals surface area contributed by atoms with Crippen molar-refractivity contribution in [2.45, 2.75) is 43.8 Å². The Bertz CT molecular complexity index is 1380. The molecule has 0 unspecified atom stereocenters. The first kappa shape index (κ1) is 27.5. The Kier molecular flexibility index (Phi) is 8.56. The van der Waals surface area contributed by atoms with Crippen molar-refractivity contribution in [2.75, 3.05) is 12.4 Å². The monoisotopic (exact) mass is 568 g/mol. The van der Waals surface area contributed by atoms with Crippen molar-refractivity contribution < 1.29 is 32.7 Å². The Morgan fingerprint density at radius 2 is 2.11 bits per heavy atom. The van der Waals surface area contributed by atoms with Crippen molar-refractivity contribution in [3.05, 3.63) is 74.3 Å². The van der Waals surface area contributed by atoms with E-state index in [-0.39, 0.29) is 35.7 Å². The van der Waals surface area contributed by atoms with Crippen molar-refractivity contribution in [3.8, 4) is 0 Å². The maximum absolute atomic E-state index is 13.4. The number of benzene rings is 1. The van der Waals surface area contributed by atoms with Crippen molar-refractivity contribution in [1.29, 1.82) is 0 Å². The molecule has 1 aliphatic carbocycles. The second kappa shape index (κ2) is 11.5. The number of hydrogen-bond acceptors (Lipinski definition) is 11. The van der Waals surface area contributed by atoms with E-state index in [4.69, 9.17) is 15.8 Å². The molecule has 2 aromatic heterocycles. The quantitative estimate of drug-likeness (QED) is 0.227. The second-order valence-corrected chi connectivity index (χ2v) is 11.5.